The first kappa shape index (κ1) is 65.4. The average molecular weight is 1110 g/mol. The van der Waals surface area contributed by atoms with Crippen LogP contribution in [0.15, 0.2) is 53.6 Å². The Morgan fingerprint density at radius 2 is 1.26 bits per heavy atom. The van der Waals surface area contributed by atoms with Gasteiger partial charge in [-0.1, -0.05) is 42.8 Å². The van der Waals surface area contributed by atoms with Gasteiger partial charge in [-0.25, -0.2) is 14.4 Å². The number of anilines is 1. The zero-order chi connectivity index (χ0) is 56.4. The molecule has 3 rings (SSSR count). The largest absolute Gasteiger partial charge is 0.481 e. The van der Waals surface area contributed by atoms with Crippen molar-refractivity contribution < 1.29 is 86.6 Å². The number of fused-ring (bicyclic) bond motifs is 1. The number of amides is 5. The van der Waals surface area contributed by atoms with Crippen LogP contribution in [0.4, 0.5) is 5.69 Å². The fourth-order valence-electron chi connectivity index (χ4n) is 7.99. The van der Waals surface area contributed by atoms with Crippen molar-refractivity contribution in [1.82, 2.24) is 26.4 Å². The molecule has 1 aromatic carbocycles. The first-order valence-corrected chi connectivity index (χ1v) is 27.7. The van der Waals surface area contributed by atoms with Gasteiger partial charge in [0.25, 0.3) is 0 Å². The fourth-order valence-corrected chi connectivity index (χ4v) is 9.07. The van der Waals surface area contributed by atoms with Crippen molar-refractivity contribution in [2.45, 2.75) is 128 Å². The van der Waals surface area contributed by atoms with E-state index in [1.807, 2.05) is 29.4 Å². The molecule has 4 atom stereocenters. The van der Waals surface area contributed by atoms with Gasteiger partial charge < -0.3 is 65.3 Å². The molecule has 0 radical (unpaired) electrons. The Hall–Kier alpha value is -5.85. The van der Waals surface area contributed by atoms with Crippen LogP contribution < -0.4 is 31.3 Å². The normalized spacial score (nSPS) is 15.7. The predicted molar refractivity (Wildman–Crippen MR) is 282 cm³/mol. The Balaban J connectivity index is 1.10. The van der Waals surface area contributed by atoms with Crippen molar-refractivity contribution in [2.24, 2.45) is 0 Å². The van der Waals surface area contributed by atoms with E-state index in [1.165, 1.54) is 5.57 Å². The molecule has 1 aliphatic carbocycles. The maximum absolute atomic E-state index is 13.5. The summed E-state index contributed by atoms with van der Waals surface area (Å²) in [6, 6.07) is 4.53. The van der Waals surface area contributed by atoms with Gasteiger partial charge in [-0.3, -0.25) is 38.1 Å². The maximum Gasteiger partial charge on any atom is 0.403 e. The van der Waals surface area contributed by atoms with Crippen LogP contribution in [0, 0.1) is 0 Å². The van der Waals surface area contributed by atoms with Crippen LogP contribution in [0.5, 0.6) is 0 Å². The first-order valence-electron chi connectivity index (χ1n) is 26.2. The molecule has 0 bridgehead atoms. The molecule has 24 nitrogen and oxygen atoms in total. The lowest BCUT2D eigenvalue weighted by Gasteiger charge is -2.30. The summed E-state index contributed by atoms with van der Waals surface area (Å²) in [7, 11) is -4.57. The molecule has 1 heterocycles. The summed E-state index contributed by atoms with van der Waals surface area (Å²) < 4.78 is 39.1. The van der Waals surface area contributed by atoms with E-state index in [-0.39, 0.29) is 82.3 Å². The van der Waals surface area contributed by atoms with Gasteiger partial charge in [0.05, 0.1) is 71.7 Å². The summed E-state index contributed by atoms with van der Waals surface area (Å²) in [6.45, 7) is 7.11. The van der Waals surface area contributed by atoms with Gasteiger partial charge in [-0.2, -0.15) is 0 Å². The third-order valence-corrected chi connectivity index (χ3v) is 13.3. The minimum Gasteiger partial charge on any atom is -0.481 e. The highest BCUT2D eigenvalue weighted by Gasteiger charge is 2.30. The van der Waals surface area contributed by atoms with E-state index >= 15 is 0 Å². The number of allylic oxidation sites excluding steroid dienone is 4. The van der Waals surface area contributed by atoms with Crippen LogP contribution in [-0.2, 0) is 66.4 Å². The number of hydrogen-bond donors (Lipinski definition) is 9. The van der Waals surface area contributed by atoms with Crippen molar-refractivity contribution in [2.75, 3.05) is 84.0 Å². The predicted octanol–water partition coefficient (Wildman–Crippen LogP) is 3.77. The van der Waals surface area contributed by atoms with Crippen LogP contribution >= 0.6 is 7.75 Å². The van der Waals surface area contributed by atoms with Crippen LogP contribution in [0.1, 0.15) is 116 Å². The number of rotatable bonds is 41. The van der Waals surface area contributed by atoms with Crippen molar-refractivity contribution in [3.05, 3.63) is 59.2 Å². The molecule has 0 saturated heterocycles. The van der Waals surface area contributed by atoms with Crippen molar-refractivity contribution >= 4 is 66.5 Å². The van der Waals surface area contributed by atoms with Crippen molar-refractivity contribution in [3.63, 3.8) is 0 Å². The van der Waals surface area contributed by atoms with Crippen molar-refractivity contribution in [3.8, 4) is 0 Å². The number of carbonyl (C=O) groups excluding carboxylic acids is 5. The molecule has 77 heavy (non-hydrogen) atoms. The lowest BCUT2D eigenvalue weighted by molar-refractivity contribution is -0.142. The molecule has 0 saturated carbocycles. The number of para-hydroxylation sites is 1. The minimum absolute atomic E-state index is 0.0527. The number of hydrogen-bond acceptors (Lipinski definition) is 14. The van der Waals surface area contributed by atoms with Gasteiger partial charge in [0.2, 0.25) is 29.5 Å². The molecule has 430 valence electrons. The number of nitrogens with one attached hydrogen (secondary N) is 5. The lowest BCUT2D eigenvalue weighted by atomic mass is 9.91. The Bertz CT molecular complexity index is 2240. The molecule has 0 spiro atoms. The highest BCUT2D eigenvalue weighted by atomic mass is 31.2. The van der Waals surface area contributed by atoms with E-state index in [2.05, 4.69) is 46.4 Å². The second kappa shape index (κ2) is 37.1. The van der Waals surface area contributed by atoms with Crippen LogP contribution in [-0.4, -0.2) is 165 Å². The Morgan fingerprint density at radius 1 is 0.636 bits per heavy atom. The monoisotopic (exact) mass is 1110 g/mol. The average Bonchev–Trinajstić information content (AvgIpc) is 3.38. The third-order valence-electron chi connectivity index (χ3n) is 12.1. The molecule has 0 fully saturated rings. The van der Waals surface area contributed by atoms with Gasteiger partial charge in [0.1, 0.15) is 12.1 Å². The summed E-state index contributed by atoms with van der Waals surface area (Å²) >= 11 is 0. The number of carboxylic acids is 3. The first-order chi connectivity index (χ1) is 36.8. The van der Waals surface area contributed by atoms with Crippen LogP contribution in [0.25, 0.3) is 5.57 Å². The second-order valence-electron chi connectivity index (χ2n) is 18.4. The topological polar surface area (TPSA) is 344 Å². The van der Waals surface area contributed by atoms with Gasteiger partial charge >= 0.3 is 25.7 Å². The number of benzene rings is 1. The van der Waals surface area contributed by atoms with Gasteiger partial charge in [-0.15, -0.1) is 0 Å². The summed E-state index contributed by atoms with van der Waals surface area (Å²) in [5.41, 5.74) is 5.34. The molecule has 25 heteroatoms. The number of nitrogens with zero attached hydrogens (tertiary/aromatic N) is 1. The molecule has 1 aromatic rings. The van der Waals surface area contributed by atoms with E-state index in [1.54, 1.807) is 11.8 Å². The molecule has 2 aliphatic rings. The quantitative estimate of drug-likeness (QED) is 0.0333. The Labute approximate surface area is 449 Å². The molecular formula is C52H79N6O18P. The zero-order valence-electron chi connectivity index (χ0n) is 44.3. The zero-order valence-corrected chi connectivity index (χ0v) is 45.2. The third kappa shape index (κ3) is 28.4. The number of carbonyl (C=O) groups is 8. The Morgan fingerprint density at radius 3 is 1.95 bits per heavy atom. The number of carboxylic acid groups (broad SMARTS) is 3. The van der Waals surface area contributed by atoms with E-state index in [4.69, 9.17) is 33.7 Å². The fraction of sp³-hybridized carbons (Fsp3) is 0.615. The molecule has 1 unspecified atom stereocenters. The van der Waals surface area contributed by atoms with Gasteiger partial charge in [0, 0.05) is 63.2 Å². The number of unbranched alkanes of at least 4 members (excludes halogenated alkanes) is 2. The van der Waals surface area contributed by atoms with Crippen LogP contribution in [0.2, 0.25) is 0 Å². The smallest absolute Gasteiger partial charge is 0.403 e. The lowest BCUT2D eigenvalue weighted by Crippen LogP contribution is -2.42. The summed E-state index contributed by atoms with van der Waals surface area (Å²) in [5.74, 6) is -5.58. The van der Waals surface area contributed by atoms with Gasteiger partial charge in [0.15, 0.2) is 0 Å². The minimum atomic E-state index is -4.57. The molecule has 5 amide bonds. The maximum atomic E-state index is 13.5. The highest BCUT2D eigenvalue weighted by molar-refractivity contribution is 7.50. The van der Waals surface area contributed by atoms with E-state index in [9.17, 15) is 52.9 Å². The standard InChI is InChI=1S/C52H79N6O18P/c1-37-35-39-12-5-6-13-40(39)36-58(44-15-8-7-14-41(37)44)49(63)21-20-45(59)54-25-28-73-30-32-75-34-33-74-31-29-72-27-23-46(60)53-24-9-3-4-16-47(61)56-42(51(66)67)17-19-48(62)55-38(2)11-10-26-76-77(70,71)57-43(52(68)69)18-22-50(64)65/h6-8,13-15,35,38,42-43H,3-5,9-12,16-34,36H2,1-2H3,(H,53,60)(H,54,59)(H,55,62)(H,56,61)(H,64,65)(H,66,67)(H,68,69)(H2,57,70,71)/b37-35-/t38-,42+,43+/m1/s1. The molecular weight excluding hydrogens is 1030 g/mol. The van der Waals surface area contributed by atoms with Gasteiger partial charge in [-0.05, 0) is 88.0 Å². The molecule has 0 aromatic heterocycles. The number of ether oxygens (including phenoxy) is 4. The summed E-state index contributed by atoms with van der Waals surface area (Å²) in [6.07, 6.45) is 9.50. The SMILES string of the molecule is C/C1=C/C2=C(C=CCC2)CN(C(=O)CCC(=O)NCCOCCOCCOCCOCCC(=O)NCCCCCC(=O)N[C@@H](CCC(=O)N[C@H](C)CCCOP(=O)(O)N[C@@H](CCC(=O)O)C(=O)O)C(=O)O)c2ccccc21. The highest BCUT2D eigenvalue weighted by Crippen LogP contribution is 2.38. The Kier molecular flexibility index (Phi) is 31.5. The van der Waals surface area contributed by atoms with Crippen molar-refractivity contribution in [1.29, 1.82) is 0 Å². The summed E-state index contributed by atoms with van der Waals surface area (Å²) in [4.78, 5) is 108. The number of aliphatic carboxylic acids is 3. The second-order valence-corrected chi connectivity index (χ2v) is 20.0. The van der Waals surface area contributed by atoms with E-state index in [0.717, 1.165) is 35.2 Å². The van der Waals surface area contributed by atoms with E-state index in [0.29, 0.717) is 85.1 Å². The molecule has 9 N–H and O–H groups in total. The summed E-state index contributed by atoms with van der Waals surface area (Å²) in [5, 5.41) is 40.1. The molecule has 1 aliphatic heterocycles. The van der Waals surface area contributed by atoms with Crippen LogP contribution in [0.3, 0.4) is 0 Å². The van der Waals surface area contributed by atoms with E-state index < -0.39 is 68.4 Å².